The Morgan fingerprint density at radius 1 is 1.04 bits per heavy atom. The number of Topliss-reactive ketones (excluding diaryl/α,β-unsaturated/α-hetero) is 2. The van der Waals surface area contributed by atoms with E-state index in [0.29, 0.717) is 23.4 Å². The number of fused-ring (bicyclic) bond motifs is 5. The number of phenols is 1. The molecule has 4 fully saturated rings. The van der Waals surface area contributed by atoms with Crippen molar-refractivity contribution in [1.29, 1.82) is 0 Å². The lowest BCUT2D eigenvalue weighted by atomic mass is 9.45. The number of phenolic OH excluding ortho intramolecular Hbond substituents is 1. The number of anilines is 1. The van der Waals surface area contributed by atoms with E-state index in [1.165, 1.54) is 24.2 Å². The summed E-state index contributed by atoms with van der Waals surface area (Å²) in [6.07, 6.45) is 4.13. The second-order valence-electron chi connectivity index (χ2n) is 15.6. The van der Waals surface area contributed by atoms with E-state index in [-0.39, 0.29) is 29.7 Å². The number of benzene rings is 1. The number of aliphatic hydroxyl groups is 3. The Labute approximate surface area is 276 Å². The number of rotatable bonds is 8. The van der Waals surface area contributed by atoms with Crippen LogP contribution in [0.15, 0.2) is 23.0 Å². The number of carbonyl (C=O) groups excluding carboxylic acids is 3. The summed E-state index contributed by atoms with van der Waals surface area (Å²) < 4.78 is 0. The molecule has 256 valence electrons. The highest BCUT2D eigenvalue weighted by Crippen LogP contribution is 2.61. The lowest BCUT2D eigenvalue weighted by Gasteiger charge is -2.60. The number of nitrogens with two attached hydrogens (primary N) is 1. The zero-order chi connectivity index (χ0) is 34.5. The fourth-order valence-corrected chi connectivity index (χ4v) is 10.1. The Morgan fingerprint density at radius 3 is 2.28 bits per heavy atom. The maximum Gasteiger partial charge on any atom is 0.255 e. The number of ketones is 2. The molecule has 1 aromatic rings. The van der Waals surface area contributed by atoms with Gasteiger partial charge in [0.15, 0.2) is 11.4 Å². The molecule has 11 heteroatoms. The van der Waals surface area contributed by atoms with Crippen LogP contribution in [0.3, 0.4) is 0 Å². The predicted molar refractivity (Wildman–Crippen MR) is 178 cm³/mol. The molecule has 6 N–H and O–H groups in total. The van der Waals surface area contributed by atoms with Gasteiger partial charge in [-0.2, -0.15) is 0 Å². The highest BCUT2D eigenvalue weighted by Gasteiger charge is 2.64. The molecule has 11 nitrogen and oxygen atoms in total. The summed E-state index contributed by atoms with van der Waals surface area (Å²) in [4.78, 5) is 45.8. The number of aromatic hydroxyl groups is 1. The molecule has 1 aromatic carbocycles. The Morgan fingerprint density at radius 2 is 1.72 bits per heavy atom. The van der Waals surface area contributed by atoms with E-state index in [1.54, 1.807) is 20.2 Å². The summed E-state index contributed by atoms with van der Waals surface area (Å²) in [5.74, 6) is -4.30. The number of carbonyl (C=O) groups is 3. The van der Waals surface area contributed by atoms with Gasteiger partial charge >= 0.3 is 0 Å². The molecule has 7 atom stereocenters. The van der Waals surface area contributed by atoms with Crippen molar-refractivity contribution in [3.8, 4) is 5.75 Å². The van der Waals surface area contributed by atoms with Crippen LogP contribution in [0.4, 0.5) is 5.69 Å². The Hall–Kier alpha value is -3.41. The second-order valence-corrected chi connectivity index (χ2v) is 15.6. The third-order valence-electron chi connectivity index (χ3n) is 12.6. The van der Waals surface area contributed by atoms with E-state index in [4.69, 9.17) is 5.73 Å². The first-order chi connectivity index (χ1) is 22.0. The van der Waals surface area contributed by atoms with Gasteiger partial charge in [0.2, 0.25) is 5.78 Å². The Bertz CT molecular complexity index is 1610. The third kappa shape index (κ3) is 4.75. The molecule has 0 saturated heterocycles. The minimum atomic E-state index is -2.65. The molecule has 0 aromatic heterocycles. The SMILES string of the molecule is CCN(Cc1cc(O)c2c(c1N(C)C)C[C@H]1C[C@H]3[C@H](N(C)C)C(=O)C(C(N)=O)=C(O)[C@@]3(O)C(=O)C1=C2O)C[C@H]1CCC2CC1C2(C)C. The van der Waals surface area contributed by atoms with Crippen LogP contribution in [0, 0.1) is 35.0 Å². The molecule has 6 aliphatic carbocycles. The molecule has 0 aliphatic heterocycles. The van der Waals surface area contributed by atoms with Crippen molar-refractivity contribution in [2.75, 3.05) is 46.2 Å². The average Bonchev–Trinajstić information content (AvgIpc) is 2.97. The molecule has 4 saturated carbocycles. The number of nitrogens with zero attached hydrogens (tertiary/aromatic N) is 3. The number of primary amides is 1. The van der Waals surface area contributed by atoms with Crippen LogP contribution in [-0.2, 0) is 27.3 Å². The van der Waals surface area contributed by atoms with Crippen LogP contribution in [0.5, 0.6) is 5.75 Å². The zero-order valence-corrected chi connectivity index (χ0v) is 28.6. The molecule has 0 heterocycles. The van der Waals surface area contributed by atoms with Crippen LogP contribution >= 0.6 is 0 Å². The summed E-state index contributed by atoms with van der Waals surface area (Å²) >= 11 is 0. The predicted octanol–water partition coefficient (Wildman–Crippen LogP) is 2.92. The number of likely N-dealkylation sites (N-methyl/N-ethyl adjacent to an activating group) is 1. The van der Waals surface area contributed by atoms with Crippen LogP contribution in [-0.4, -0.2) is 101 Å². The number of amides is 1. The topological polar surface area (TPSA) is 168 Å². The minimum absolute atomic E-state index is 0.0601. The van der Waals surface area contributed by atoms with E-state index in [0.717, 1.165) is 36.2 Å². The van der Waals surface area contributed by atoms with Crippen molar-refractivity contribution < 1.29 is 34.8 Å². The molecular weight excluding hydrogens is 600 g/mol. The van der Waals surface area contributed by atoms with Gasteiger partial charge in [0.05, 0.1) is 11.6 Å². The van der Waals surface area contributed by atoms with Crippen molar-refractivity contribution in [2.45, 2.75) is 71.1 Å². The number of hydrogen-bond acceptors (Lipinski definition) is 10. The van der Waals surface area contributed by atoms with Gasteiger partial charge in [0.1, 0.15) is 22.8 Å². The fourth-order valence-electron chi connectivity index (χ4n) is 10.1. The Balaban J connectivity index is 1.41. The molecule has 47 heavy (non-hydrogen) atoms. The summed E-state index contributed by atoms with van der Waals surface area (Å²) in [5, 5.41) is 46.2. The Kier molecular flexibility index (Phi) is 8.08. The maximum absolute atomic E-state index is 14.2. The van der Waals surface area contributed by atoms with E-state index < -0.39 is 58.0 Å². The molecule has 0 spiro atoms. The normalized spacial score (nSPS) is 32.6. The summed E-state index contributed by atoms with van der Waals surface area (Å²) in [6.45, 7) is 9.38. The number of aliphatic hydroxyl groups excluding tert-OH is 2. The van der Waals surface area contributed by atoms with E-state index in [1.807, 2.05) is 19.0 Å². The lowest BCUT2D eigenvalue weighted by molar-refractivity contribution is -0.153. The van der Waals surface area contributed by atoms with Crippen molar-refractivity contribution in [1.82, 2.24) is 9.80 Å². The van der Waals surface area contributed by atoms with Gasteiger partial charge in [-0.1, -0.05) is 20.8 Å². The molecule has 2 unspecified atom stereocenters. The maximum atomic E-state index is 14.2. The van der Waals surface area contributed by atoms with Gasteiger partial charge in [0.25, 0.3) is 5.91 Å². The van der Waals surface area contributed by atoms with Crippen molar-refractivity contribution in [3.05, 3.63) is 39.7 Å². The van der Waals surface area contributed by atoms with E-state index in [2.05, 4.69) is 25.7 Å². The second kappa shape index (κ2) is 11.3. The standard InChI is InChI=1S/C36H50N4O7/c1-8-40(15-17-9-10-20-14-22(17)35(20,2)3)16-19-13-24(41)26-21(28(19)38(4)5)11-18-12-23-29(39(6)7)31(43)27(34(37)46)33(45)36(23,47)32(44)25(18)30(26)42/h13,17-18,20,22-23,29,41-42,45,47H,8-12,14-16H2,1-7H3,(H2,37,46)/t17-,18+,20?,22?,23+,29+,36+/m1/s1. The summed E-state index contributed by atoms with van der Waals surface area (Å²) in [5.41, 5.74) is 4.78. The first-order valence-electron chi connectivity index (χ1n) is 16.9. The first-order valence-corrected chi connectivity index (χ1v) is 16.9. The largest absolute Gasteiger partial charge is 0.508 e. The monoisotopic (exact) mass is 650 g/mol. The van der Waals surface area contributed by atoms with Crippen LogP contribution in [0.2, 0.25) is 0 Å². The van der Waals surface area contributed by atoms with Gasteiger partial charge in [-0.15, -0.1) is 0 Å². The van der Waals surface area contributed by atoms with E-state index in [9.17, 15) is 34.8 Å². The van der Waals surface area contributed by atoms with Crippen LogP contribution in [0.1, 0.15) is 63.1 Å². The molecule has 6 aliphatic rings. The average molecular weight is 651 g/mol. The smallest absolute Gasteiger partial charge is 0.255 e. The van der Waals surface area contributed by atoms with Gasteiger partial charge in [-0.3, -0.25) is 24.2 Å². The third-order valence-corrected chi connectivity index (χ3v) is 12.6. The number of hydrogen-bond donors (Lipinski definition) is 5. The molecule has 7 rings (SSSR count). The van der Waals surface area contributed by atoms with Gasteiger partial charge < -0.3 is 31.1 Å². The zero-order valence-electron chi connectivity index (χ0n) is 28.6. The van der Waals surface area contributed by atoms with Crippen molar-refractivity contribution in [2.24, 2.45) is 40.7 Å². The van der Waals surface area contributed by atoms with Crippen molar-refractivity contribution in [3.63, 3.8) is 0 Å². The van der Waals surface area contributed by atoms with Crippen molar-refractivity contribution >= 4 is 28.9 Å². The van der Waals surface area contributed by atoms with Gasteiger partial charge in [0, 0.05) is 44.4 Å². The first kappa shape index (κ1) is 33.5. The molecule has 1 amide bonds. The fraction of sp³-hybridized carbons (Fsp3) is 0.639. The molecular formula is C36H50N4O7. The minimum Gasteiger partial charge on any atom is -0.508 e. The molecule has 2 bridgehead atoms. The summed E-state index contributed by atoms with van der Waals surface area (Å²) in [7, 11) is 7.03. The highest BCUT2D eigenvalue weighted by molar-refractivity contribution is 6.24. The van der Waals surface area contributed by atoms with Gasteiger partial charge in [-0.05, 0) is 99.0 Å². The highest BCUT2D eigenvalue weighted by atomic mass is 16.3. The van der Waals surface area contributed by atoms with Gasteiger partial charge in [-0.25, -0.2) is 0 Å². The molecule has 0 radical (unpaired) electrons. The summed E-state index contributed by atoms with van der Waals surface area (Å²) in [6, 6.07) is 0.543. The van der Waals surface area contributed by atoms with E-state index >= 15 is 0 Å². The quantitative estimate of drug-likeness (QED) is 0.264. The lowest BCUT2D eigenvalue weighted by Crippen LogP contribution is -2.65. The van der Waals surface area contributed by atoms with Crippen LogP contribution < -0.4 is 10.6 Å². The van der Waals surface area contributed by atoms with Crippen LogP contribution in [0.25, 0.3) is 5.76 Å².